The van der Waals surface area contributed by atoms with Crippen LogP contribution in [-0.2, 0) is 6.54 Å². The minimum atomic E-state index is -1.23. The number of aromatic carboxylic acids is 1. The molecule has 0 spiro atoms. The van der Waals surface area contributed by atoms with Gasteiger partial charge in [-0.05, 0) is 30.9 Å². The van der Waals surface area contributed by atoms with Crippen LogP contribution in [0, 0.1) is 5.92 Å². The molecule has 0 N–H and O–H groups in total. The van der Waals surface area contributed by atoms with Crippen molar-refractivity contribution in [3.8, 4) is 0 Å². The molecule has 0 atom stereocenters. The van der Waals surface area contributed by atoms with E-state index in [1.807, 2.05) is 0 Å². The summed E-state index contributed by atoms with van der Waals surface area (Å²) in [6, 6.07) is 3.52. The number of pyridine rings is 1. The number of carboxylic acids is 1. The Morgan fingerprint density at radius 3 is 2.89 bits per heavy atom. The Bertz CT molecular complexity index is 578. The van der Waals surface area contributed by atoms with Gasteiger partial charge in [0.05, 0.1) is 0 Å². The van der Waals surface area contributed by atoms with Crippen molar-refractivity contribution in [1.29, 1.82) is 0 Å². The average molecular weight is 237 g/mol. The molecule has 0 saturated heterocycles. The molecule has 2 heterocycles. The smallest absolute Gasteiger partial charge is 0.542 e. The minimum Gasteiger partial charge on any atom is -0.542 e. The summed E-state index contributed by atoms with van der Waals surface area (Å²) in [6.07, 6.45) is 5.18. The second-order valence-electron chi connectivity index (χ2n) is 4.48. The van der Waals surface area contributed by atoms with Crippen LogP contribution in [0.5, 0.6) is 0 Å². The number of carboxylic acid groups (broad SMARTS) is 1. The summed E-state index contributed by atoms with van der Waals surface area (Å²) in [7, 11) is 0. The zero-order valence-electron chi connectivity index (χ0n) is 10.3. The van der Waals surface area contributed by atoms with Crippen molar-refractivity contribution in [2.24, 2.45) is 5.92 Å². The molecule has 1 saturated carbocycles. The first-order chi connectivity index (χ1) is 8.25. The SMILES string of the molecule is O=C([O-])c1nc2cccnc2n1CC1CCC1.[Li+]. The van der Waals surface area contributed by atoms with Crippen LogP contribution in [0.1, 0.15) is 29.9 Å². The number of hydrogen-bond acceptors (Lipinski definition) is 4. The van der Waals surface area contributed by atoms with Crippen LogP contribution in [0.15, 0.2) is 18.3 Å². The average Bonchev–Trinajstić information content (AvgIpc) is 2.62. The summed E-state index contributed by atoms with van der Waals surface area (Å²) in [5.41, 5.74) is 1.25. The van der Waals surface area contributed by atoms with Gasteiger partial charge in [0.1, 0.15) is 11.5 Å². The number of carbonyl (C=O) groups is 1. The molecule has 1 aliphatic rings. The van der Waals surface area contributed by atoms with Crippen LogP contribution in [0.25, 0.3) is 11.2 Å². The van der Waals surface area contributed by atoms with Gasteiger partial charge >= 0.3 is 18.9 Å². The number of carbonyl (C=O) groups excluding carboxylic acids is 1. The summed E-state index contributed by atoms with van der Waals surface area (Å²) in [6.45, 7) is 0.677. The molecule has 0 radical (unpaired) electrons. The van der Waals surface area contributed by atoms with E-state index in [1.54, 1.807) is 22.9 Å². The summed E-state index contributed by atoms with van der Waals surface area (Å²) in [4.78, 5) is 19.3. The quantitative estimate of drug-likeness (QED) is 0.558. The first-order valence-electron chi connectivity index (χ1n) is 5.78. The fraction of sp³-hybridized carbons (Fsp3) is 0.417. The van der Waals surface area contributed by atoms with Gasteiger partial charge in [-0.2, -0.15) is 0 Å². The largest absolute Gasteiger partial charge is 1.00 e. The van der Waals surface area contributed by atoms with Crippen molar-refractivity contribution in [2.75, 3.05) is 0 Å². The molecule has 0 unspecified atom stereocenters. The normalized spacial score (nSPS) is 15.1. The predicted molar refractivity (Wildman–Crippen MR) is 59.2 cm³/mol. The van der Waals surface area contributed by atoms with Crippen LogP contribution < -0.4 is 24.0 Å². The molecular weight excluding hydrogens is 225 g/mol. The van der Waals surface area contributed by atoms with Gasteiger partial charge in [-0.3, -0.25) is 0 Å². The van der Waals surface area contributed by atoms with E-state index < -0.39 is 5.97 Å². The third-order valence-corrected chi connectivity index (χ3v) is 3.35. The number of hydrogen-bond donors (Lipinski definition) is 0. The van der Waals surface area contributed by atoms with Gasteiger partial charge in [0.2, 0.25) is 0 Å². The van der Waals surface area contributed by atoms with Crippen molar-refractivity contribution in [3.05, 3.63) is 24.2 Å². The zero-order chi connectivity index (χ0) is 11.8. The molecule has 0 amide bonds. The Morgan fingerprint density at radius 1 is 1.50 bits per heavy atom. The Balaban J connectivity index is 0.00000120. The van der Waals surface area contributed by atoms with Gasteiger partial charge < -0.3 is 14.5 Å². The van der Waals surface area contributed by atoms with E-state index in [2.05, 4.69) is 9.97 Å². The first kappa shape index (κ1) is 13.1. The van der Waals surface area contributed by atoms with Gasteiger partial charge in [0, 0.05) is 12.7 Å². The van der Waals surface area contributed by atoms with E-state index in [4.69, 9.17) is 0 Å². The molecule has 88 valence electrons. The Morgan fingerprint density at radius 2 is 2.28 bits per heavy atom. The molecule has 0 bridgehead atoms. The van der Waals surface area contributed by atoms with Gasteiger partial charge in [-0.1, -0.05) is 6.42 Å². The molecule has 3 rings (SSSR count). The third kappa shape index (κ3) is 2.16. The molecule has 2 aromatic rings. The van der Waals surface area contributed by atoms with E-state index in [0.29, 0.717) is 23.6 Å². The third-order valence-electron chi connectivity index (χ3n) is 3.35. The zero-order valence-corrected chi connectivity index (χ0v) is 10.3. The molecular formula is C12H12LiN3O2. The fourth-order valence-electron chi connectivity index (χ4n) is 2.22. The van der Waals surface area contributed by atoms with Gasteiger partial charge in [-0.25, -0.2) is 9.97 Å². The standard InChI is InChI=1S/C12H13N3O2.Li/c16-12(17)11-14-9-5-2-6-13-10(9)15(11)7-8-3-1-4-8;/h2,5-6,8H,1,3-4,7H2,(H,16,17);/q;+1/p-1. The second kappa shape index (κ2) is 5.13. The number of rotatable bonds is 3. The number of imidazole rings is 1. The molecule has 2 aromatic heterocycles. The summed E-state index contributed by atoms with van der Waals surface area (Å²) in [5.74, 6) is -0.694. The molecule has 0 aliphatic heterocycles. The van der Waals surface area contributed by atoms with E-state index in [1.165, 1.54) is 6.42 Å². The van der Waals surface area contributed by atoms with Crippen LogP contribution in [0.4, 0.5) is 0 Å². The van der Waals surface area contributed by atoms with Crippen molar-refractivity contribution >= 4 is 17.1 Å². The molecule has 0 aromatic carbocycles. The second-order valence-corrected chi connectivity index (χ2v) is 4.48. The maximum atomic E-state index is 11.1. The van der Waals surface area contributed by atoms with E-state index in [9.17, 15) is 9.90 Å². The summed E-state index contributed by atoms with van der Waals surface area (Å²) in [5, 5.41) is 11.1. The van der Waals surface area contributed by atoms with Gasteiger partial charge in [0.15, 0.2) is 11.5 Å². The van der Waals surface area contributed by atoms with Gasteiger partial charge in [0.25, 0.3) is 0 Å². The van der Waals surface area contributed by atoms with E-state index >= 15 is 0 Å². The number of aromatic nitrogens is 3. The topological polar surface area (TPSA) is 70.8 Å². The molecule has 5 nitrogen and oxygen atoms in total. The monoisotopic (exact) mass is 237 g/mol. The van der Waals surface area contributed by atoms with Crippen LogP contribution in [0.2, 0.25) is 0 Å². The fourth-order valence-corrected chi connectivity index (χ4v) is 2.22. The van der Waals surface area contributed by atoms with Crippen LogP contribution in [0.3, 0.4) is 0 Å². The molecule has 6 heteroatoms. The first-order valence-corrected chi connectivity index (χ1v) is 5.78. The molecule has 1 fully saturated rings. The van der Waals surface area contributed by atoms with E-state index in [0.717, 1.165) is 12.8 Å². The van der Waals surface area contributed by atoms with Crippen LogP contribution >= 0.6 is 0 Å². The molecule has 18 heavy (non-hydrogen) atoms. The van der Waals surface area contributed by atoms with Crippen molar-refractivity contribution in [2.45, 2.75) is 25.8 Å². The van der Waals surface area contributed by atoms with E-state index in [-0.39, 0.29) is 24.7 Å². The molecule has 1 aliphatic carbocycles. The van der Waals surface area contributed by atoms with Crippen molar-refractivity contribution in [1.82, 2.24) is 14.5 Å². The number of fused-ring (bicyclic) bond motifs is 1. The van der Waals surface area contributed by atoms with Gasteiger partial charge in [-0.15, -0.1) is 0 Å². The Labute approximate surface area is 116 Å². The maximum Gasteiger partial charge on any atom is 1.00 e. The summed E-state index contributed by atoms with van der Waals surface area (Å²) >= 11 is 0. The minimum absolute atomic E-state index is 0. The van der Waals surface area contributed by atoms with Crippen molar-refractivity contribution in [3.63, 3.8) is 0 Å². The number of nitrogens with zero attached hydrogens (tertiary/aromatic N) is 3. The maximum absolute atomic E-state index is 11.1. The van der Waals surface area contributed by atoms with Crippen molar-refractivity contribution < 1.29 is 28.8 Å². The Hall–Kier alpha value is -1.31. The van der Waals surface area contributed by atoms with Crippen LogP contribution in [-0.4, -0.2) is 20.5 Å². The Kier molecular flexibility index (Phi) is 3.74. The summed E-state index contributed by atoms with van der Waals surface area (Å²) < 4.78 is 1.68. The predicted octanol–water partition coefficient (Wildman–Crippen LogP) is -2.40.